The number of hydrogen-bond acceptors (Lipinski definition) is 3. The van der Waals surface area contributed by atoms with Gasteiger partial charge in [-0.05, 0) is 18.8 Å². The first-order valence-electron chi connectivity index (χ1n) is 7.39. The highest BCUT2D eigenvalue weighted by Gasteiger charge is 2.04. The summed E-state index contributed by atoms with van der Waals surface area (Å²) in [5, 5.41) is 8.43. The summed E-state index contributed by atoms with van der Waals surface area (Å²) < 4.78 is 5.04. The highest BCUT2D eigenvalue weighted by atomic mass is 16.5. The smallest absolute Gasteiger partial charge is 0.305 e. The van der Waals surface area contributed by atoms with E-state index in [0.29, 0.717) is 13.0 Å². The lowest BCUT2D eigenvalue weighted by Gasteiger charge is -2.05. The van der Waals surface area contributed by atoms with Gasteiger partial charge in [-0.2, -0.15) is 0 Å². The second-order valence-electron chi connectivity index (χ2n) is 5.42. The van der Waals surface area contributed by atoms with Gasteiger partial charge in [0.25, 0.3) is 0 Å². The average molecular weight is 272 g/mol. The maximum Gasteiger partial charge on any atom is 0.305 e. The monoisotopic (exact) mass is 272 g/mol. The second kappa shape index (κ2) is 12.0. The van der Waals surface area contributed by atoms with Gasteiger partial charge in [-0.1, -0.05) is 46.0 Å². The Labute approximate surface area is 116 Å². The zero-order valence-electron chi connectivity index (χ0n) is 12.3. The molecule has 19 heavy (non-hydrogen) atoms. The third-order valence-electron chi connectivity index (χ3n) is 2.96. The highest BCUT2D eigenvalue weighted by Crippen LogP contribution is 2.10. The van der Waals surface area contributed by atoms with Crippen LogP contribution < -0.4 is 0 Å². The summed E-state index contributed by atoms with van der Waals surface area (Å²) in [6.45, 7) is 4.95. The van der Waals surface area contributed by atoms with Crippen LogP contribution >= 0.6 is 0 Å². The Morgan fingerprint density at radius 2 is 1.58 bits per heavy atom. The molecule has 0 saturated heterocycles. The van der Waals surface area contributed by atoms with E-state index in [1.54, 1.807) is 0 Å². The van der Waals surface area contributed by atoms with Gasteiger partial charge < -0.3 is 9.84 Å². The van der Waals surface area contributed by atoms with Crippen LogP contribution in [0.4, 0.5) is 0 Å². The molecule has 0 aliphatic rings. The molecule has 0 amide bonds. The molecule has 0 aromatic carbocycles. The molecule has 4 nitrogen and oxygen atoms in total. The lowest BCUT2D eigenvalue weighted by molar-refractivity contribution is -0.144. The average Bonchev–Trinajstić information content (AvgIpc) is 2.31. The highest BCUT2D eigenvalue weighted by molar-refractivity contribution is 5.71. The Kier molecular flexibility index (Phi) is 11.3. The second-order valence-corrected chi connectivity index (χ2v) is 5.42. The van der Waals surface area contributed by atoms with Crippen molar-refractivity contribution in [1.29, 1.82) is 0 Å². The summed E-state index contributed by atoms with van der Waals surface area (Å²) in [6.07, 6.45) is 7.64. The van der Waals surface area contributed by atoms with Crippen molar-refractivity contribution in [2.75, 3.05) is 6.61 Å². The lowest BCUT2D eigenvalue weighted by Crippen LogP contribution is -2.06. The van der Waals surface area contributed by atoms with Crippen molar-refractivity contribution in [3.8, 4) is 0 Å². The van der Waals surface area contributed by atoms with Crippen LogP contribution in [-0.4, -0.2) is 23.7 Å². The fourth-order valence-corrected chi connectivity index (χ4v) is 1.83. The molecule has 4 heteroatoms. The van der Waals surface area contributed by atoms with Crippen LogP contribution in [0.1, 0.15) is 71.6 Å². The summed E-state index contributed by atoms with van der Waals surface area (Å²) in [5.74, 6) is -0.359. The number of carboxylic acid groups (broad SMARTS) is 1. The van der Waals surface area contributed by atoms with E-state index >= 15 is 0 Å². The van der Waals surface area contributed by atoms with Gasteiger partial charge in [-0.25, -0.2) is 0 Å². The van der Waals surface area contributed by atoms with Crippen molar-refractivity contribution >= 4 is 11.9 Å². The first-order chi connectivity index (χ1) is 9.02. The Hall–Kier alpha value is -1.06. The Balaban J connectivity index is 3.20. The SMILES string of the molecule is CC(C)CCCCCCCOC(=O)CCCC(=O)O. The lowest BCUT2D eigenvalue weighted by atomic mass is 10.0. The van der Waals surface area contributed by atoms with Crippen molar-refractivity contribution in [2.24, 2.45) is 5.92 Å². The fourth-order valence-electron chi connectivity index (χ4n) is 1.83. The van der Waals surface area contributed by atoms with E-state index in [9.17, 15) is 9.59 Å². The number of aliphatic carboxylic acids is 1. The largest absolute Gasteiger partial charge is 0.481 e. The molecule has 0 rings (SSSR count). The predicted molar refractivity (Wildman–Crippen MR) is 75.0 cm³/mol. The standard InChI is InChI=1S/C15H28O4/c1-13(2)9-6-4-3-5-7-12-19-15(18)11-8-10-14(16)17/h13H,3-12H2,1-2H3,(H,16,17). The number of carboxylic acids is 1. The molecule has 1 N–H and O–H groups in total. The molecule has 0 atom stereocenters. The molecule has 0 aliphatic carbocycles. The van der Waals surface area contributed by atoms with Gasteiger partial charge in [0.15, 0.2) is 0 Å². The number of hydrogen-bond donors (Lipinski definition) is 1. The molecule has 0 bridgehead atoms. The number of carbonyl (C=O) groups is 2. The van der Waals surface area contributed by atoms with Gasteiger partial charge in [-0.15, -0.1) is 0 Å². The Morgan fingerprint density at radius 3 is 2.21 bits per heavy atom. The van der Waals surface area contributed by atoms with Crippen LogP contribution in [0.15, 0.2) is 0 Å². The van der Waals surface area contributed by atoms with Gasteiger partial charge in [0.2, 0.25) is 0 Å². The summed E-state index contributed by atoms with van der Waals surface area (Å²) in [7, 11) is 0. The van der Waals surface area contributed by atoms with Gasteiger partial charge in [0, 0.05) is 12.8 Å². The van der Waals surface area contributed by atoms with Crippen molar-refractivity contribution < 1.29 is 19.4 Å². The number of rotatable bonds is 12. The minimum atomic E-state index is -0.866. The molecule has 0 fully saturated rings. The van der Waals surface area contributed by atoms with Crippen LogP contribution in [0.2, 0.25) is 0 Å². The van der Waals surface area contributed by atoms with Crippen molar-refractivity contribution in [1.82, 2.24) is 0 Å². The van der Waals surface area contributed by atoms with E-state index in [0.717, 1.165) is 18.8 Å². The van der Waals surface area contributed by atoms with Gasteiger partial charge in [0.05, 0.1) is 6.61 Å². The van der Waals surface area contributed by atoms with E-state index in [4.69, 9.17) is 9.84 Å². The minimum Gasteiger partial charge on any atom is -0.481 e. The molecular weight excluding hydrogens is 244 g/mol. The maximum absolute atomic E-state index is 11.2. The van der Waals surface area contributed by atoms with Crippen LogP contribution in [0.3, 0.4) is 0 Å². The number of ether oxygens (including phenoxy) is 1. The number of esters is 1. The number of carbonyl (C=O) groups excluding carboxylic acids is 1. The van der Waals surface area contributed by atoms with Gasteiger partial charge >= 0.3 is 11.9 Å². The zero-order valence-corrected chi connectivity index (χ0v) is 12.3. The maximum atomic E-state index is 11.2. The van der Waals surface area contributed by atoms with Crippen molar-refractivity contribution in [3.63, 3.8) is 0 Å². The molecule has 0 saturated carbocycles. The van der Waals surface area contributed by atoms with E-state index in [2.05, 4.69) is 13.8 Å². The third kappa shape index (κ3) is 14.9. The molecule has 0 aromatic heterocycles. The summed E-state index contributed by atoms with van der Waals surface area (Å²) in [6, 6.07) is 0. The Bertz CT molecular complexity index is 249. The zero-order chi connectivity index (χ0) is 14.5. The Morgan fingerprint density at radius 1 is 0.947 bits per heavy atom. The summed E-state index contributed by atoms with van der Waals surface area (Å²) in [4.78, 5) is 21.5. The van der Waals surface area contributed by atoms with Crippen molar-refractivity contribution in [3.05, 3.63) is 0 Å². The molecule has 0 radical (unpaired) electrons. The quantitative estimate of drug-likeness (QED) is 0.434. The predicted octanol–water partition coefficient (Wildman–Crippen LogP) is 3.78. The van der Waals surface area contributed by atoms with Crippen LogP contribution in [0, 0.1) is 5.92 Å². The fraction of sp³-hybridized carbons (Fsp3) is 0.867. The summed E-state index contributed by atoms with van der Waals surface area (Å²) >= 11 is 0. The molecular formula is C15H28O4. The topological polar surface area (TPSA) is 63.6 Å². The van der Waals surface area contributed by atoms with Crippen molar-refractivity contribution in [2.45, 2.75) is 71.6 Å². The van der Waals surface area contributed by atoms with E-state index < -0.39 is 5.97 Å². The van der Waals surface area contributed by atoms with E-state index in [1.165, 1.54) is 25.7 Å². The van der Waals surface area contributed by atoms with Gasteiger partial charge in [-0.3, -0.25) is 9.59 Å². The molecule has 0 unspecified atom stereocenters. The normalized spacial score (nSPS) is 10.7. The minimum absolute atomic E-state index is 0.0327. The number of unbranched alkanes of at least 4 members (excludes halogenated alkanes) is 4. The van der Waals surface area contributed by atoms with E-state index in [-0.39, 0.29) is 18.8 Å². The molecule has 0 aromatic rings. The first kappa shape index (κ1) is 17.9. The molecule has 0 spiro atoms. The summed E-state index contributed by atoms with van der Waals surface area (Å²) in [5.41, 5.74) is 0. The van der Waals surface area contributed by atoms with Crippen LogP contribution in [0.5, 0.6) is 0 Å². The molecule has 112 valence electrons. The van der Waals surface area contributed by atoms with Crippen LogP contribution in [-0.2, 0) is 14.3 Å². The molecule has 0 aliphatic heterocycles. The van der Waals surface area contributed by atoms with E-state index in [1.807, 2.05) is 0 Å². The molecule has 0 heterocycles. The third-order valence-corrected chi connectivity index (χ3v) is 2.96. The van der Waals surface area contributed by atoms with Crippen LogP contribution in [0.25, 0.3) is 0 Å². The first-order valence-corrected chi connectivity index (χ1v) is 7.39. The van der Waals surface area contributed by atoms with Gasteiger partial charge in [0.1, 0.15) is 0 Å².